The summed E-state index contributed by atoms with van der Waals surface area (Å²) in [5.74, 6) is -0.300. The molecule has 0 amide bonds. The first-order valence-corrected chi connectivity index (χ1v) is 9.24. The van der Waals surface area contributed by atoms with Crippen LogP contribution in [0, 0.1) is 0 Å². The maximum absolute atomic E-state index is 12.8. The molecule has 1 aliphatic heterocycles. The van der Waals surface area contributed by atoms with Gasteiger partial charge in [-0.15, -0.1) is 0 Å². The Morgan fingerprint density at radius 2 is 1.83 bits per heavy atom. The Morgan fingerprint density at radius 1 is 1.10 bits per heavy atom. The zero-order valence-electron chi connectivity index (χ0n) is 15.6. The van der Waals surface area contributed by atoms with Crippen LogP contribution in [0.15, 0.2) is 51.9 Å². The first-order valence-electron chi connectivity index (χ1n) is 9.24. The van der Waals surface area contributed by atoms with Crippen LogP contribution in [0.5, 0.6) is 17.2 Å². The first-order chi connectivity index (χ1) is 14.4. The van der Waals surface area contributed by atoms with Gasteiger partial charge in [0.2, 0.25) is 11.7 Å². The van der Waals surface area contributed by atoms with Gasteiger partial charge in [0.1, 0.15) is 40.6 Å². The Kier molecular flexibility index (Phi) is 5.35. The Hall–Kier alpha value is -3.11. The van der Waals surface area contributed by atoms with Crippen molar-refractivity contribution in [2.75, 3.05) is 6.61 Å². The molecule has 4 rings (SSSR count). The standard InChI is InChI=1S/C21H20O9/c22-8-13-7-16(25)20(27)21(30-13)29-12-3-1-10(2-4-12)14-9-28-17-6-11(23)5-15(24)18(17)19(14)26/h1-6,9,13,16,20-25,27H,7-8H2/t13-,16-,20+,21+/m0/s1. The van der Waals surface area contributed by atoms with Crippen molar-refractivity contribution < 1.29 is 39.4 Å². The Bertz CT molecular complexity index is 1110. The van der Waals surface area contributed by atoms with Crippen molar-refractivity contribution >= 4 is 11.0 Å². The van der Waals surface area contributed by atoms with Gasteiger partial charge in [0.15, 0.2) is 0 Å². The second-order valence-electron chi connectivity index (χ2n) is 7.06. The topological polar surface area (TPSA) is 150 Å². The summed E-state index contributed by atoms with van der Waals surface area (Å²) in [5.41, 5.74) is 0.271. The number of phenolic OH excluding ortho intramolecular Hbond substituents is 2. The molecule has 0 bridgehead atoms. The summed E-state index contributed by atoms with van der Waals surface area (Å²) < 4.78 is 16.4. The predicted molar refractivity (Wildman–Crippen MR) is 104 cm³/mol. The molecule has 4 atom stereocenters. The molecule has 1 aliphatic rings. The highest BCUT2D eigenvalue weighted by Crippen LogP contribution is 2.30. The number of benzene rings is 2. The van der Waals surface area contributed by atoms with E-state index in [0.29, 0.717) is 11.3 Å². The van der Waals surface area contributed by atoms with Crippen molar-refractivity contribution in [2.45, 2.75) is 31.0 Å². The van der Waals surface area contributed by atoms with E-state index in [1.165, 1.54) is 12.3 Å². The number of aromatic hydroxyl groups is 2. The van der Waals surface area contributed by atoms with E-state index in [2.05, 4.69) is 0 Å². The van der Waals surface area contributed by atoms with Crippen LogP contribution >= 0.6 is 0 Å². The van der Waals surface area contributed by atoms with Crippen LogP contribution in [0.3, 0.4) is 0 Å². The number of ether oxygens (including phenoxy) is 2. The van der Waals surface area contributed by atoms with Gasteiger partial charge in [0, 0.05) is 18.6 Å². The lowest BCUT2D eigenvalue weighted by Gasteiger charge is -2.36. The molecule has 2 heterocycles. The summed E-state index contributed by atoms with van der Waals surface area (Å²) in [6.45, 7) is -0.315. The lowest BCUT2D eigenvalue weighted by atomic mass is 10.0. The van der Waals surface area contributed by atoms with E-state index in [9.17, 15) is 30.3 Å². The molecule has 0 aliphatic carbocycles. The van der Waals surface area contributed by atoms with Gasteiger partial charge in [-0.1, -0.05) is 12.1 Å². The highest BCUT2D eigenvalue weighted by molar-refractivity contribution is 5.88. The van der Waals surface area contributed by atoms with E-state index in [-0.39, 0.29) is 41.1 Å². The molecule has 2 aromatic carbocycles. The molecule has 1 saturated heterocycles. The fourth-order valence-electron chi connectivity index (χ4n) is 3.40. The van der Waals surface area contributed by atoms with Crippen LogP contribution in [-0.2, 0) is 4.74 Å². The van der Waals surface area contributed by atoms with Crippen LogP contribution in [0.4, 0.5) is 0 Å². The number of hydrogen-bond acceptors (Lipinski definition) is 9. The molecule has 1 fully saturated rings. The normalized spacial score (nSPS) is 24.1. The average molecular weight is 416 g/mol. The van der Waals surface area contributed by atoms with Crippen molar-refractivity contribution in [1.29, 1.82) is 0 Å². The summed E-state index contributed by atoms with van der Waals surface area (Å²) in [6.07, 6.45) is -2.85. The van der Waals surface area contributed by atoms with Crippen LogP contribution in [-0.4, -0.2) is 56.7 Å². The smallest absolute Gasteiger partial charge is 0.229 e. The molecule has 30 heavy (non-hydrogen) atoms. The molecule has 158 valence electrons. The molecule has 0 saturated carbocycles. The van der Waals surface area contributed by atoms with Crippen LogP contribution < -0.4 is 10.2 Å². The summed E-state index contributed by atoms with van der Waals surface area (Å²) in [4.78, 5) is 12.8. The third-order valence-electron chi connectivity index (χ3n) is 4.97. The van der Waals surface area contributed by atoms with E-state index in [0.717, 1.165) is 6.07 Å². The summed E-state index contributed by atoms with van der Waals surface area (Å²) in [6, 6.07) is 8.55. The highest BCUT2D eigenvalue weighted by atomic mass is 16.7. The summed E-state index contributed by atoms with van der Waals surface area (Å²) >= 11 is 0. The molecule has 3 aromatic rings. The fraction of sp³-hybridized carbons (Fsp3) is 0.286. The number of aliphatic hydroxyl groups excluding tert-OH is 3. The Morgan fingerprint density at radius 3 is 2.53 bits per heavy atom. The number of aliphatic hydroxyl groups is 3. The third-order valence-corrected chi connectivity index (χ3v) is 4.97. The van der Waals surface area contributed by atoms with Crippen molar-refractivity contribution in [1.82, 2.24) is 0 Å². The second-order valence-corrected chi connectivity index (χ2v) is 7.06. The molecular weight excluding hydrogens is 396 g/mol. The lowest BCUT2D eigenvalue weighted by molar-refractivity contribution is -0.240. The Labute approximate surface area is 170 Å². The zero-order valence-corrected chi connectivity index (χ0v) is 15.6. The van der Waals surface area contributed by atoms with E-state index in [1.807, 2.05) is 0 Å². The minimum atomic E-state index is -1.28. The predicted octanol–water partition coefficient (Wildman–Crippen LogP) is 1.08. The SMILES string of the molecule is O=c1c(-c2ccc(O[C@@H]3O[C@H](CO)C[C@H](O)[C@H]3O)cc2)coc2cc(O)cc(O)c12. The second kappa shape index (κ2) is 7.96. The molecule has 5 N–H and O–H groups in total. The van der Waals surface area contributed by atoms with E-state index in [1.54, 1.807) is 24.3 Å². The summed E-state index contributed by atoms with van der Waals surface area (Å²) in [5, 5.41) is 48.6. The third kappa shape index (κ3) is 3.71. The van der Waals surface area contributed by atoms with Gasteiger partial charge < -0.3 is 39.4 Å². The molecule has 0 spiro atoms. The number of fused-ring (bicyclic) bond motifs is 1. The van der Waals surface area contributed by atoms with Gasteiger partial charge in [-0.2, -0.15) is 0 Å². The van der Waals surface area contributed by atoms with Gasteiger partial charge in [-0.3, -0.25) is 4.79 Å². The van der Waals surface area contributed by atoms with Gasteiger partial charge in [-0.05, 0) is 17.7 Å². The summed E-state index contributed by atoms with van der Waals surface area (Å²) in [7, 11) is 0. The molecule has 1 aromatic heterocycles. The number of hydrogen-bond donors (Lipinski definition) is 5. The molecule has 0 unspecified atom stereocenters. The zero-order chi connectivity index (χ0) is 21.4. The minimum absolute atomic E-state index is 0.0478. The molecule has 0 radical (unpaired) electrons. The quantitative estimate of drug-likeness (QED) is 0.421. The van der Waals surface area contributed by atoms with E-state index in [4.69, 9.17) is 13.9 Å². The van der Waals surface area contributed by atoms with E-state index >= 15 is 0 Å². The maximum Gasteiger partial charge on any atom is 0.229 e. The lowest BCUT2D eigenvalue weighted by Crippen LogP contribution is -2.51. The van der Waals surface area contributed by atoms with Crippen molar-refractivity contribution in [3.8, 4) is 28.4 Å². The van der Waals surface area contributed by atoms with Crippen LogP contribution in [0.25, 0.3) is 22.1 Å². The average Bonchev–Trinajstić information content (AvgIpc) is 2.71. The minimum Gasteiger partial charge on any atom is -0.508 e. The molecule has 9 nitrogen and oxygen atoms in total. The van der Waals surface area contributed by atoms with Gasteiger partial charge >= 0.3 is 0 Å². The molecule has 9 heteroatoms. The van der Waals surface area contributed by atoms with Gasteiger partial charge in [0.25, 0.3) is 0 Å². The fourth-order valence-corrected chi connectivity index (χ4v) is 3.40. The number of phenols is 2. The highest BCUT2D eigenvalue weighted by Gasteiger charge is 2.38. The van der Waals surface area contributed by atoms with Crippen molar-refractivity contribution in [3.05, 3.63) is 52.9 Å². The van der Waals surface area contributed by atoms with Gasteiger partial charge in [0.05, 0.1) is 24.4 Å². The van der Waals surface area contributed by atoms with Crippen molar-refractivity contribution in [3.63, 3.8) is 0 Å². The largest absolute Gasteiger partial charge is 0.508 e. The molecular formula is C21H20O9. The van der Waals surface area contributed by atoms with Crippen LogP contribution in [0.2, 0.25) is 0 Å². The van der Waals surface area contributed by atoms with Crippen molar-refractivity contribution in [2.24, 2.45) is 0 Å². The monoisotopic (exact) mass is 416 g/mol. The van der Waals surface area contributed by atoms with Crippen LogP contribution in [0.1, 0.15) is 6.42 Å². The number of rotatable bonds is 4. The Balaban J connectivity index is 1.60. The maximum atomic E-state index is 12.8. The van der Waals surface area contributed by atoms with Gasteiger partial charge in [-0.25, -0.2) is 0 Å². The first kappa shape index (κ1) is 20.2. The van der Waals surface area contributed by atoms with E-state index < -0.39 is 30.0 Å².